The van der Waals surface area contributed by atoms with E-state index < -0.39 is 5.97 Å². The predicted octanol–water partition coefficient (Wildman–Crippen LogP) is 1.57. The largest absolute Gasteiger partial charge is 0.513 e. The molecule has 0 radical (unpaired) electrons. The lowest BCUT2D eigenvalue weighted by atomic mass is 10.3. The number of carbonyl (C=O) groups excluding carboxylic acids is 1. The van der Waals surface area contributed by atoms with Crippen LogP contribution in [0.3, 0.4) is 0 Å². The number of esters is 1. The van der Waals surface area contributed by atoms with Crippen LogP contribution in [-0.2, 0) is 9.53 Å². The molecule has 0 amide bonds. The van der Waals surface area contributed by atoms with Crippen molar-refractivity contribution < 1.29 is 14.6 Å². The fraction of sp³-hybridized carbons (Fsp3) is 0.375. The predicted molar refractivity (Wildman–Crippen MR) is 42.2 cm³/mol. The van der Waals surface area contributed by atoms with E-state index in [1.807, 2.05) is 0 Å². The maximum Gasteiger partial charge on any atom is 0.337 e. The molecular weight excluding hydrogens is 144 g/mol. The molecule has 0 aromatic carbocycles. The Hall–Kier alpha value is -1.25. The first-order chi connectivity index (χ1) is 5.07. The quantitative estimate of drug-likeness (QED) is 0.292. The molecule has 3 nitrogen and oxygen atoms in total. The first-order valence-electron chi connectivity index (χ1n) is 3.31. The molecule has 0 aliphatic heterocycles. The van der Waals surface area contributed by atoms with Crippen LogP contribution < -0.4 is 0 Å². The van der Waals surface area contributed by atoms with Crippen molar-refractivity contribution in [1.29, 1.82) is 0 Å². The molecule has 0 spiro atoms. The second kappa shape index (κ2) is 4.55. The van der Waals surface area contributed by atoms with Gasteiger partial charge < -0.3 is 9.84 Å². The maximum absolute atomic E-state index is 10.8. The monoisotopic (exact) mass is 156 g/mol. The van der Waals surface area contributed by atoms with E-state index in [1.54, 1.807) is 6.92 Å². The maximum atomic E-state index is 10.8. The first-order valence-corrected chi connectivity index (χ1v) is 3.31. The SMILES string of the molecule is C=C(/C=C(\C)O)C(=O)OCC. The van der Waals surface area contributed by atoms with E-state index in [9.17, 15) is 4.79 Å². The summed E-state index contributed by atoms with van der Waals surface area (Å²) in [6.45, 7) is 6.89. The topological polar surface area (TPSA) is 46.5 Å². The molecule has 11 heavy (non-hydrogen) atoms. The minimum atomic E-state index is -0.499. The molecule has 1 N–H and O–H groups in total. The van der Waals surface area contributed by atoms with E-state index in [2.05, 4.69) is 11.3 Å². The summed E-state index contributed by atoms with van der Waals surface area (Å²) in [6, 6.07) is 0. The van der Waals surface area contributed by atoms with Crippen LogP contribution in [0.15, 0.2) is 24.0 Å². The normalized spacial score (nSPS) is 10.9. The summed E-state index contributed by atoms with van der Waals surface area (Å²) in [5.41, 5.74) is 0.159. The number of aliphatic hydroxyl groups excluding tert-OH is 1. The molecule has 0 rings (SSSR count). The van der Waals surface area contributed by atoms with Gasteiger partial charge in [0.05, 0.1) is 17.9 Å². The van der Waals surface area contributed by atoms with Crippen molar-refractivity contribution in [3.8, 4) is 0 Å². The third kappa shape index (κ3) is 4.19. The van der Waals surface area contributed by atoms with Crippen LogP contribution in [0.4, 0.5) is 0 Å². The van der Waals surface area contributed by atoms with E-state index in [1.165, 1.54) is 13.0 Å². The Morgan fingerprint density at radius 3 is 2.64 bits per heavy atom. The second-order valence-corrected chi connectivity index (χ2v) is 2.03. The van der Waals surface area contributed by atoms with E-state index >= 15 is 0 Å². The molecule has 0 aromatic rings. The van der Waals surface area contributed by atoms with Gasteiger partial charge in [0, 0.05) is 0 Å². The van der Waals surface area contributed by atoms with E-state index in [0.29, 0.717) is 6.61 Å². The fourth-order valence-corrected chi connectivity index (χ4v) is 0.535. The van der Waals surface area contributed by atoms with Gasteiger partial charge in [-0.1, -0.05) is 6.58 Å². The van der Waals surface area contributed by atoms with Crippen molar-refractivity contribution in [3.05, 3.63) is 24.0 Å². The van der Waals surface area contributed by atoms with E-state index in [4.69, 9.17) is 5.11 Å². The standard InChI is InChI=1S/C8H12O3/c1-4-11-8(10)6(2)5-7(3)9/h5,9H,2,4H2,1,3H3/b7-5+. The Morgan fingerprint density at radius 1 is 1.73 bits per heavy atom. The Labute approximate surface area is 66.0 Å². The second-order valence-electron chi connectivity index (χ2n) is 2.03. The highest BCUT2D eigenvalue weighted by atomic mass is 16.5. The summed E-state index contributed by atoms with van der Waals surface area (Å²) in [5.74, 6) is -0.455. The highest BCUT2D eigenvalue weighted by Gasteiger charge is 2.03. The lowest BCUT2D eigenvalue weighted by Crippen LogP contribution is -2.05. The number of ether oxygens (including phenoxy) is 1. The fourth-order valence-electron chi connectivity index (χ4n) is 0.535. The molecule has 0 bridgehead atoms. The smallest absolute Gasteiger partial charge is 0.337 e. The van der Waals surface area contributed by atoms with Gasteiger partial charge in [-0.05, 0) is 19.9 Å². The summed E-state index contributed by atoms with van der Waals surface area (Å²) < 4.78 is 4.61. The van der Waals surface area contributed by atoms with Crippen LogP contribution in [0.2, 0.25) is 0 Å². The Morgan fingerprint density at radius 2 is 2.27 bits per heavy atom. The number of allylic oxidation sites excluding steroid dienone is 1. The van der Waals surface area contributed by atoms with E-state index in [0.717, 1.165) is 0 Å². The van der Waals surface area contributed by atoms with Crippen LogP contribution >= 0.6 is 0 Å². The highest BCUT2D eigenvalue weighted by Crippen LogP contribution is 1.99. The van der Waals surface area contributed by atoms with Gasteiger partial charge >= 0.3 is 5.97 Å². The van der Waals surface area contributed by atoms with E-state index in [-0.39, 0.29) is 11.3 Å². The average molecular weight is 156 g/mol. The third-order valence-electron chi connectivity index (χ3n) is 0.921. The van der Waals surface area contributed by atoms with Gasteiger partial charge in [0.2, 0.25) is 0 Å². The van der Waals surface area contributed by atoms with Gasteiger partial charge in [-0.15, -0.1) is 0 Å². The number of carbonyl (C=O) groups is 1. The zero-order chi connectivity index (χ0) is 8.85. The molecule has 0 aliphatic carbocycles. The molecule has 0 aromatic heterocycles. The number of aliphatic hydroxyl groups is 1. The van der Waals surface area contributed by atoms with Crippen LogP contribution in [0.1, 0.15) is 13.8 Å². The Balaban J connectivity index is 4.05. The Bertz CT molecular complexity index is 188. The van der Waals surface area contributed by atoms with Crippen molar-refractivity contribution in [1.82, 2.24) is 0 Å². The lowest BCUT2D eigenvalue weighted by molar-refractivity contribution is -0.138. The van der Waals surface area contributed by atoms with Crippen molar-refractivity contribution in [3.63, 3.8) is 0 Å². The summed E-state index contributed by atoms with van der Waals surface area (Å²) in [4.78, 5) is 10.8. The molecule has 3 heteroatoms. The van der Waals surface area contributed by atoms with Gasteiger partial charge in [0.25, 0.3) is 0 Å². The Kier molecular flexibility index (Phi) is 4.03. The minimum Gasteiger partial charge on any atom is -0.513 e. The van der Waals surface area contributed by atoms with Crippen LogP contribution in [0.5, 0.6) is 0 Å². The number of rotatable bonds is 3. The third-order valence-corrected chi connectivity index (χ3v) is 0.921. The summed E-state index contributed by atoms with van der Waals surface area (Å²) in [7, 11) is 0. The molecule has 0 unspecified atom stereocenters. The van der Waals surface area contributed by atoms with Gasteiger partial charge in [-0.2, -0.15) is 0 Å². The minimum absolute atomic E-state index is 0.0445. The summed E-state index contributed by atoms with van der Waals surface area (Å²) in [6.07, 6.45) is 1.26. The number of hydrogen-bond acceptors (Lipinski definition) is 3. The van der Waals surface area contributed by atoms with Gasteiger partial charge in [-0.3, -0.25) is 0 Å². The molecule has 0 saturated heterocycles. The zero-order valence-corrected chi connectivity index (χ0v) is 6.76. The van der Waals surface area contributed by atoms with Crippen LogP contribution in [-0.4, -0.2) is 17.7 Å². The van der Waals surface area contributed by atoms with Crippen molar-refractivity contribution >= 4 is 5.97 Å². The van der Waals surface area contributed by atoms with Crippen LogP contribution in [0, 0.1) is 0 Å². The highest BCUT2D eigenvalue weighted by molar-refractivity contribution is 5.90. The van der Waals surface area contributed by atoms with Crippen molar-refractivity contribution in [2.24, 2.45) is 0 Å². The zero-order valence-electron chi connectivity index (χ0n) is 6.76. The first kappa shape index (κ1) is 9.75. The lowest BCUT2D eigenvalue weighted by Gasteiger charge is -1.99. The molecule has 0 aliphatic rings. The molecule has 0 fully saturated rings. The molecule has 62 valence electrons. The van der Waals surface area contributed by atoms with Gasteiger partial charge in [0.1, 0.15) is 0 Å². The van der Waals surface area contributed by atoms with Gasteiger partial charge in [0.15, 0.2) is 0 Å². The van der Waals surface area contributed by atoms with Crippen molar-refractivity contribution in [2.75, 3.05) is 6.61 Å². The molecule has 0 heterocycles. The average Bonchev–Trinajstić information content (AvgIpc) is 1.86. The molecule has 0 atom stereocenters. The number of hydrogen-bond donors (Lipinski definition) is 1. The molecular formula is C8H12O3. The van der Waals surface area contributed by atoms with Crippen molar-refractivity contribution in [2.45, 2.75) is 13.8 Å². The summed E-state index contributed by atoms with van der Waals surface area (Å²) in [5, 5.41) is 8.73. The summed E-state index contributed by atoms with van der Waals surface area (Å²) >= 11 is 0. The van der Waals surface area contributed by atoms with Gasteiger partial charge in [-0.25, -0.2) is 4.79 Å². The molecule has 0 saturated carbocycles. The van der Waals surface area contributed by atoms with Crippen LogP contribution in [0.25, 0.3) is 0 Å².